The minimum absolute atomic E-state index is 0.0592. The number of carbonyl (C=O) groups excluding carboxylic acids is 2. The number of ether oxygens (including phenoxy) is 1. The zero-order chi connectivity index (χ0) is 34.1. The quantitative estimate of drug-likeness (QED) is 0.157. The van der Waals surface area contributed by atoms with Crippen LogP contribution in [-0.4, -0.2) is 51.4 Å². The Morgan fingerprint density at radius 3 is 2.17 bits per heavy atom. The van der Waals surface area contributed by atoms with Crippen molar-refractivity contribution in [3.63, 3.8) is 0 Å². The Hall–Kier alpha value is -4.12. The lowest BCUT2D eigenvalue weighted by molar-refractivity contribution is -0.140. The van der Waals surface area contributed by atoms with Crippen LogP contribution in [-0.2, 0) is 32.6 Å². The number of nitrogens with zero attached hydrogens (tertiary/aromatic N) is 2. The molecule has 1 N–H and O–H groups in total. The molecule has 12 heteroatoms. The minimum Gasteiger partial charge on any atom is -0.497 e. The van der Waals surface area contributed by atoms with Crippen LogP contribution < -0.4 is 14.4 Å². The Bertz CT molecular complexity index is 1770. The summed E-state index contributed by atoms with van der Waals surface area (Å²) in [6, 6.07) is 23.4. The average Bonchev–Trinajstić information content (AvgIpc) is 3.05. The molecule has 4 rings (SSSR count). The number of anilines is 1. The van der Waals surface area contributed by atoms with Gasteiger partial charge in [-0.05, 0) is 77.7 Å². The third-order valence-corrected chi connectivity index (χ3v) is 9.73. The zero-order valence-corrected chi connectivity index (χ0v) is 28.5. The second kappa shape index (κ2) is 16.1. The average molecular weight is 701 g/mol. The van der Waals surface area contributed by atoms with Crippen LogP contribution in [0.2, 0.25) is 10.0 Å². The van der Waals surface area contributed by atoms with E-state index in [2.05, 4.69) is 5.32 Å². The highest BCUT2D eigenvalue weighted by atomic mass is 35.5. The molecule has 0 bridgehead atoms. The maximum absolute atomic E-state index is 14.5. The van der Waals surface area contributed by atoms with Crippen LogP contribution in [0.25, 0.3) is 0 Å². The van der Waals surface area contributed by atoms with Gasteiger partial charge in [0.25, 0.3) is 10.0 Å². The van der Waals surface area contributed by atoms with Gasteiger partial charge in [0, 0.05) is 29.6 Å². The van der Waals surface area contributed by atoms with Gasteiger partial charge in [-0.2, -0.15) is 0 Å². The first-order chi connectivity index (χ1) is 22.4. The topological polar surface area (TPSA) is 96.0 Å². The van der Waals surface area contributed by atoms with Crippen LogP contribution in [0, 0.1) is 11.7 Å². The molecule has 0 aromatic heterocycles. The molecule has 0 fully saturated rings. The maximum Gasteiger partial charge on any atom is 0.264 e. The molecule has 0 unspecified atom stereocenters. The van der Waals surface area contributed by atoms with E-state index in [-0.39, 0.29) is 34.5 Å². The molecule has 1 atom stereocenters. The van der Waals surface area contributed by atoms with Gasteiger partial charge < -0.3 is 15.0 Å². The molecule has 4 aromatic rings. The van der Waals surface area contributed by atoms with Crippen LogP contribution >= 0.6 is 23.2 Å². The second-order valence-electron chi connectivity index (χ2n) is 11.3. The molecule has 0 aliphatic heterocycles. The van der Waals surface area contributed by atoms with E-state index in [9.17, 15) is 22.4 Å². The van der Waals surface area contributed by atoms with Gasteiger partial charge in [0.1, 0.15) is 24.2 Å². The molecule has 2 amide bonds. The molecule has 0 aliphatic rings. The van der Waals surface area contributed by atoms with E-state index in [1.165, 1.54) is 54.5 Å². The van der Waals surface area contributed by atoms with Gasteiger partial charge in [-0.15, -0.1) is 0 Å². The summed E-state index contributed by atoms with van der Waals surface area (Å²) in [5, 5.41) is 3.60. The van der Waals surface area contributed by atoms with Crippen molar-refractivity contribution in [2.75, 3.05) is 24.5 Å². The van der Waals surface area contributed by atoms with E-state index in [1.54, 1.807) is 12.1 Å². The first kappa shape index (κ1) is 35.7. The number of halogens is 3. The van der Waals surface area contributed by atoms with Crippen molar-refractivity contribution in [3.05, 3.63) is 124 Å². The van der Waals surface area contributed by atoms with Crippen LogP contribution in [0.5, 0.6) is 5.75 Å². The first-order valence-electron chi connectivity index (χ1n) is 14.9. The van der Waals surface area contributed by atoms with Crippen LogP contribution in [0.15, 0.2) is 102 Å². The van der Waals surface area contributed by atoms with Crippen molar-refractivity contribution >= 4 is 50.7 Å². The van der Waals surface area contributed by atoms with Gasteiger partial charge in [0.15, 0.2) is 0 Å². The molecule has 0 aliphatic carbocycles. The minimum atomic E-state index is -4.37. The van der Waals surface area contributed by atoms with Gasteiger partial charge in [-0.25, -0.2) is 12.8 Å². The lowest BCUT2D eigenvalue weighted by Crippen LogP contribution is -2.53. The molecule has 4 aromatic carbocycles. The number of carbonyl (C=O) groups is 2. The van der Waals surface area contributed by atoms with Crippen molar-refractivity contribution in [2.45, 2.75) is 37.8 Å². The van der Waals surface area contributed by atoms with Crippen molar-refractivity contribution in [1.29, 1.82) is 0 Å². The van der Waals surface area contributed by atoms with Crippen molar-refractivity contribution in [2.24, 2.45) is 5.92 Å². The molecular formula is C35H36Cl2FN3O5S. The molecular weight excluding hydrogens is 664 g/mol. The SMILES string of the molecule is COc1ccc(S(=O)(=O)N(CC(=O)N(Cc2ccc(Cl)cc2Cl)[C@@H](Cc2ccccc2)C(=O)NCC(C)C)c2ccc(F)cc2)cc1. The fraction of sp³-hybridized carbons (Fsp3) is 0.257. The van der Waals surface area contributed by atoms with Crippen LogP contribution in [0.1, 0.15) is 25.0 Å². The summed E-state index contributed by atoms with van der Waals surface area (Å²) in [4.78, 5) is 29.6. The van der Waals surface area contributed by atoms with Crippen molar-refractivity contribution < 1.29 is 27.1 Å². The number of sulfonamides is 1. The Labute approximate surface area is 285 Å². The Morgan fingerprint density at radius 1 is 0.915 bits per heavy atom. The smallest absolute Gasteiger partial charge is 0.264 e. The number of benzene rings is 4. The van der Waals surface area contributed by atoms with E-state index in [0.29, 0.717) is 22.9 Å². The molecule has 0 saturated heterocycles. The Kier molecular flexibility index (Phi) is 12.3. The number of hydrogen-bond acceptors (Lipinski definition) is 5. The van der Waals surface area contributed by atoms with Gasteiger partial charge in [-0.3, -0.25) is 13.9 Å². The fourth-order valence-corrected chi connectivity index (χ4v) is 6.70. The molecule has 47 heavy (non-hydrogen) atoms. The molecule has 248 valence electrons. The highest BCUT2D eigenvalue weighted by Crippen LogP contribution is 2.28. The molecule has 0 heterocycles. The van der Waals surface area contributed by atoms with Gasteiger partial charge in [0.2, 0.25) is 11.8 Å². The summed E-state index contributed by atoms with van der Waals surface area (Å²) in [6.07, 6.45) is 0.142. The number of methoxy groups -OCH3 is 1. The number of hydrogen-bond donors (Lipinski definition) is 1. The molecule has 8 nitrogen and oxygen atoms in total. The van der Waals surface area contributed by atoms with Gasteiger partial charge in [-0.1, -0.05) is 73.4 Å². The second-order valence-corrected chi connectivity index (χ2v) is 14.0. The Morgan fingerprint density at radius 2 is 1.57 bits per heavy atom. The summed E-state index contributed by atoms with van der Waals surface area (Å²) >= 11 is 12.7. The predicted molar refractivity (Wildman–Crippen MR) is 183 cm³/mol. The fourth-order valence-electron chi connectivity index (χ4n) is 4.82. The monoisotopic (exact) mass is 699 g/mol. The summed E-state index contributed by atoms with van der Waals surface area (Å²) in [5.74, 6) is -1.10. The summed E-state index contributed by atoms with van der Waals surface area (Å²) in [7, 11) is -2.91. The normalized spacial score (nSPS) is 12.0. The lowest BCUT2D eigenvalue weighted by atomic mass is 10.0. The van der Waals surface area contributed by atoms with E-state index >= 15 is 0 Å². The highest BCUT2D eigenvalue weighted by Gasteiger charge is 2.35. The van der Waals surface area contributed by atoms with Gasteiger partial charge >= 0.3 is 0 Å². The largest absolute Gasteiger partial charge is 0.497 e. The maximum atomic E-state index is 14.5. The van der Waals surface area contributed by atoms with Crippen LogP contribution in [0.4, 0.5) is 10.1 Å². The van der Waals surface area contributed by atoms with Crippen molar-refractivity contribution in [1.82, 2.24) is 10.2 Å². The Balaban J connectivity index is 1.81. The number of rotatable bonds is 14. The third kappa shape index (κ3) is 9.47. The number of amides is 2. The highest BCUT2D eigenvalue weighted by molar-refractivity contribution is 7.92. The van der Waals surface area contributed by atoms with Crippen molar-refractivity contribution in [3.8, 4) is 5.75 Å². The summed E-state index contributed by atoms with van der Waals surface area (Å²) in [5.41, 5.74) is 1.35. The lowest BCUT2D eigenvalue weighted by Gasteiger charge is -2.34. The van der Waals surface area contributed by atoms with Crippen LogP contribution in [0.3, 0.4) is 0 Å². The number of nitrogens with one attached hydrogen (secondary N) is 1. The van der Waals surface area contributed by atoms with E-state index < -0.39 is 40.2 Å². The predicted octanol–water partition coefficient (Wildman–Crippen LogP) is 6.75. The third-order valence-electron chi connectivity index (χ3n) is 7.35. The summed E-state index contributed by atoms with van der Waals surface area (Å²) in [6.45, 7) is 3.44. The first-order valence-corrected chi connectivity index (χ1v) is 17.1. The van der Waals surface area contributed by atoms with E-state index in [4.69, 9.17) is 27.9 Å². The van der Waals surface area contributed by atoms with E-state index in [0.717, 1.165) is 22.0 Å². The molecule has 0 spiro atoms. The van der Waals surface area contributed by atoms with E-state index in [1.807, 2.05) is 44.2 Å². The summed E-state index contributed by atoms with van der Waals surface area (Å²) < 4.78 is 48.2. The van der Waals surface area contributed by atoms with Gasteiger partial charge in [0.05, 0.1) is 17.7 Å². The molecule has 0 radical (unpaired) electrons. The molecule has 0 saturated carbocycles. The standard InChI is InChI=1S/C35H36Cl2FN3O5S/c1-24(2)21-39-35(43)33(19-25-7-5-4-6-8-25)40(22-26-9-10-27(36)20-32(26)37)34(42)23-41(29-13-11-28(38)12-14-29)47(44,45)31-17-15-30(46-3)16-18-31/h4-18,20,24,33H,19,21-23H2,1-3H3,(H,39,43)/t33-/m0/s1. The zero-order valence-electron chi connectivity index (χ0n) is 26.2.